The van der Waals surface area contributed by atoms with Crippen LogP contribution in [0.25, 0.3) is 11.1 Å². The largest absolute Gasteiger partial charge is 0.203 e. The number of hydrogen-bond donors (Lipinski definition) is 0. The van der Waals surface area contributed by atoms with Crippen LogP contribution in [0.3, 0.4) is 0 Å². The molecule has 0 fully saturated rings. The van der Waals surface area contributed by atoms with Crippen LogP contribution in [0.15, 0.2) is 0 Å². The molecule has 2 aromatic rings. The standard InChI is InChI=1S/C12F8/c13-4-2-1-3(6(14)7(4)15)5-8(16)10(18)12(20)11(19)9(5)17. The van der Waals surface area contributed by atoms with Gasteiger partial charge in [0.2, 0.25) is 5.82 Å². The van der Waals surface area contributed by atoms with Crippen LogP contribution in [-0.4, -0.2) is 0 Å². The normalized spacial score (nSPS) is 11.0. The Morgan fingerprint density at radius 1 is 0.450 bits per heavy atom. The zero-order chi connectivity index (χ0) is 15.2. The first-order chi connectivity index (χ1) is 9.27. The zero-order valence-electron chi connectivity index (χ0n) is 9.02. The number of benzene rings is 2. The Bertz CT molecular complexity index is 678. The van der Waals surface area contributed by atoms with Gasteiger partial charge >= 0.3 is 0 Å². The fourth-order valence-corrected chi connectivity index (χ4v) is 1.43. The lowest BCUT2D eigenvalue weighted by Gasteiger charge is -2.09. The Balaban J connectivity index is 2.87. The maximum Gasteiger partial charge on any atom is 0.200 e. The summed E-state index contributed by atoms with van der Waals surface area (Å²) in [5.74, 6) is -18.1. The van der Waals surface area contributed by atoms with Crippen LogP contribution in [0, 0.1) is 58.7 Å². The van der Waals surface area contributed by atoms with E-state index in [2.05, 4.69) is 0 Å². The fourth-order valence-electron chi connectivity index (χ4n) is 1.43. The van der Waals surface area contributed by atoms with Crippen LogP contribution >= 0.6 is 0 Å². The van der Waals surface area contributed by atoms with Gasteiger partial charge in [0.05, 0.1) is 5.56 Å². The van der Waals surface area contributed by atoms with Gasteiger partial charge in [0, 0.05) is 17.7 Å². The highest BCUT2D eigenvalue weighted by atomic mass is 19.2. The van der Waals surface area contributed by atoms with Crippen LogP contribution in [0.1, 0.15) is 0 Å². The molecule has 0 nitrogen and oxygen atoms in total. The minimum Gasteiger partial charge on any atom is -0.203 e. The first-order valence-electron chi connectivity index (χ1n) is 4.76. The third-order valence-corrected chi connectivity index (χ3v) is 2.36. The van der Waals surface area contributed by atoms with Crippen molar-refractivity contribution in [2.24, 2.45) is 0 Å². The first-order valence-corrected chi connectivity index (χ1v) is 4.76. The second-order valence-electron chi connectivity index (χ2n) is 3.51. The van der Waals surface area contributed by atoms with E-state index in [0.717, 1.165) is 0 Å². The third kappa shape index (κ3) is 1.91. The summed E-state index contributed by atoms with van der Waals surface area (Å²) >= 11 is 0. The Labute approximate surface area is 106 Å². The lowest BCUT2D eigenvalue weighted by Crippen LogP contribution is -2.06. The lowest BCUT2D eigenvalue weighted by molar-refractivity contribution is 0.380. The molecule has 0 aliphatic rings. The van der Waals surface area contributed by atoms with Crippen molar-refractivity contribution in [2.75, 3.05) is 0 Å². The molecule has 2 aromatic carbocycles. The molecular weight excluding hydrogens is 296 g/mol. The van der Waals surface area contributed by atoms with Crippen molar-refractivity contribution >= 4 is 0 Å². The minimum absolute atomic E-state index is 1.34. The molecule has 0 spiro atoms. The molecule has 0 aromatic heterocycles. The molecule has 104 valence electrons. The second kappa shape index (κ2) is 4.77. The van der Waals surface area contributed by atoms with Gasteiger partial charge in [-0.1, -0.05) is 0 Å². The molecule has 0 bridgehead atoms. The summed E-state index contributed by atoms with van der Waals surface area (Å²) in [6.07, 6.45) is 0. The van der Waals surface area contributed by atoms with E-state index < -0.39 is 57.7 Å². The van der Waals surface area contributed by atoms with E-state index in [-0.39, 0.29) is 0 Å². The van der Waals surface area contributed by atoms with Gasteiger partial charge in [-0.25, -0.2) is 35.1 Å². The zero-order valence-corrected chi connectivity index (χ0v) is 9.02. The van der Waals surface area contributed by atoms with Crippen LogP contribution in [0.4, 0.5) is 35.1 Å². The summed E-state index contributed by atoms with van der Waals surface area (Å²) in [6, 6.07) is 2.80. The van der Waals surface area contributed by atoms with Crippen molar-refractivity contribution in [3.05, 3.63) is 58.7 Å². The summed E-state index contributed by atoms with van der Waals surface area (Å²) < 4.78 is 104. The third-order valence-electron chi connectivity index (χ3n) is 2.36. The van der Waals surface area contributed by atoms with Gasteiger partial charge in [-0.05, 0) is 0 Å². The molecule has 0 saturated carbocycles. The van der Waals surface area contributed by atoms with E-state index in [1.165, 1.54) is 12.1 Å². The van der Waals surface area contributed by atoms with Crippen LogP contribution in [-0.2, 0) is 0 Å². The van der Waals surface area contributed by atoms with Crippen molar-refractivity contribution in [3.8, 4) is 11.1 Å². The quantitative estimate of drug-likeness (QED) is 0.423. The number of hydrogen-bond acceptors (Lipinski definition) is 0. The maximum atomic E-state index is 13.4. The van der Waals surface area contributed by atoms with E-state index >= 15 is 0 Å². The molecule has 20 heavy (non-hydrogen) atoms. The van der Waals surface area contributed by atoms with Crippen molar-refractivity contribution < 1.29 is 35.1 Å². The molecule has 0 aliphatic heterocycles. The summed E-state index contributed by atoms with van der Waals surface area (Å²) in [7, 11) is 0. The van der Waals surface area contributed by atoms with Crippen LogP contribution in [0.2, 0.25) is 0 Å². The maximum absolute atomic E-state index is 13.4. The highest BCUT2D eigenvalue weighted by Gasteiger charge is 2.29. The van der Waals surface area contributed by atoms with E-state index in [1.54, 1.807) is 0 Å². The summed E-state index contributed by atoms with van der Waals surface area (Å²) in [6.45, 7) is 0. The van der Waals surface area contributed by atoms with E-state index in [0.29, 0.717) is 0 Å². The lowest BCUT2D eigenvalue weighted by atomic mass is 10.0. The Hall–Kier alpha value is -2.12. The van der Waals surface area contributed by atoms with E-state index in [1.807, 2.05) is 0 Å². The van der Waals surface area contributed by atoms with Crippen molar-refractivity contribution in [3.63, 3.8) is 0 Å². The number of rotatable bonds is 1. The van der Waals surface area contributed by atoms with Gasteiger partial charge in [-0.3, -0.25) is 0 Å². The van der Waals surface area contributed by atoms with E-state index in [4.69, 9.17) is 0 Å². The molecule has 0 atom stereocenters. The molecular formula is C12F8. The average molecular weight is 296 g/mol. The highest BCUT2D eigenvalue weighted by molar-refractivity contribution is 5.65. The van der Waals surface area contributed by atoms with Gasteiger partial charge in [0.1, 0.15) is 0 Å². The summed E-state index contributed by atoms with van der Waals surface area (Å²) in [5, 5.41) is 0. The molecule has 0 saturated heterocycles. The molecule has 2 rings (SSSR count). The fraction of sp³-hybridized carbons (Fsp3) is 0. The monoisotopic (exact) mass is 296 g/mol. The molecule has 8 heteroatoms. The molecule has 0 aliphatic carbocycles. The summed E-state index contributed by atoms with van der Waals surface area (Å²) in [5.41, 5.74) is -3.22. The molecule has 0 amide bonds. The molecule has 0 unspecified atom stereocenters. The molecule has 2 radical (unpaired) electrons. The van der Waals surface area contributed by atoms with Crippen molar-refractivity contribution in [1.29, 1.82) is 0 Å². The van der Waals surface area contributed by atoms with Crippen molar-refractivity contribution in [2.45, 2.75) is 0 Å². The molecule has 0 heterocycles. The van der Waals surface area contributed by atoms with Gasteiger partial charge in [0.25, 0.3) is 0 Å². The van der Waals surface area contributed by atoms with Crippen LogP contribution in [0.5, 0.6) is 0 Å². The predicted molar refractivity (Wildman–Crippen MR) is 49.2 cm³/mol. The topological polar surface area (TPSA) is 0 Å². The Morgan fingerprint density at radius 2 is 0.900 bits per heavy atom. The average Bonchev–Trinajstić information content (AvgIpc) is 2.43. The first kappa shape index (κ1) is 14.3. The smallest absolute Gasteiger partial charge is 0.200 e. The molecule has 0 N–H and O–H groups in total. The van der Waals surface area contributed by atoms with Gasteiger partial charge < -0.3 is 0 Å². The van der Waals surface area contributed by atoms with Crippen molar-refractivity contribution in [1.82, 2.24) is 0 Å². The number of halogens is 8. The summed E-state index contributed by atoms with van der Waals surface area (Å²) in [4.78, 5) is 0. The Morgan fingerprint density at radius 3 is 1.40 bits per heavy atom. The highest BCUT2D eigenvalue weighted by Crippen LogP contribution is 2.33. The SMILES string of the molecule is Fc1[c][c]c(-c2c(F)c(F)c(F)c(F)c2F)c(F)c1F. The predicted octanol–water partition coefficient (Wildman–Crippen LogP) is 4.07. The van der Waals surface area contributed by atoms with Gasteiger partial charge in [0.15, 0.2) is 40.7 Å². The minimum atomic E-state index is -2.46. The Kier molecular flexibility index (Phi) is 3.41. The van der Waals surface area contributed by atoms with Gasteiger partial charge in [-0.15, -0.1) is 0 Å². The van der Waals surface area contributed by atoms with Crippen LogP contribution < -0.4 is 0 Å². The second-order valence-corrected chi connectivity index (χ2v) is 3.51. The van der Waals surface area contributed by atoms with Gasteiger partial charge in [-0.2, -0.15) is 0 Å². The van der Waals surface area contributed by atoms with E-state index in [9.17, 15) is 35.1 Å².